The van der Waals surface area contributed by atoms with Gasteiger partial charge in [-0.05, 0) is 31.2 Å². The smallest absolute Gasteiger partial charge is 0.139 e. The zero-order valence-corrected chi connectivity index (χ0v) is 11.1. The number of aromatic amines is 1. The van der Waals surface area contributed by atoms with Gasteiger partial charge < -0.3 is 4.98 Å². The number of hydrogen-bond donors (Lipinski definition) is 1. The summed E-state index contributed by atoms with van der Waals surface area (Å²) in [5.41, 5.74) is 3.90. The summed E-state index contributed by atoms with van der Waals surface area (Å²) in [6, 6.07) is 11.6. The number of hydrogen-bond acceptors (Lipinski definition) is 2. The lowest BCUT2D eigenvalue weighted by molar-refractivity contribution is 1.25. The van der Waals surface area contributed by atoms with Crippen LogP contribution in [-0.4, -0.2) is 15.0 Å². The number of benzene rings is 1. The minimum absolute atomic E-state index is 0.692. The van der Waals surface area contributed by atoms with Crippen LogP contribution in [0, 0.1) is 6.92 Å². The molecule has 0 atom stereocenters. The van der Waals surface area contributed by atoms with E-state index < -0.39 is 0 Å². The summed E-state index contributed by atoms with van der Waals surface area (Å²) >= 11 is 6.20. The first-order valence-corrected chi connectivity index (χ1v) is 6.35. The highest BCUT2D eigenvalue weighted by Crippen LogP contribution is 2.29. The maximum Gasteiger partial charge on any atom is 0.139 e. The van der Waals surface area contributed by atoms with E-state index in [1.165, 1.54) is 0 Å². The maximum atomic E-state index is 6.20. The van der Waals surface area contributed by atoms with Crippen LogP contribution in [-0.2, 0) is 0 Å². The molecule has 4 heteroatoms. The van der Waals surface area contributed by atoms with Crippen molar-refractivity contribution in [2.45, 2.75) is 6.92 Å². The quantitative estimate of drug-likeness (QED) is 0.761. The molecule has 0 radical (unpaired) electrons. The van der Waals surface area contributed by atoms with E-state index in [9.17, 15) is 0 Å². The molecule has 0 aliphatic carbocycles. The molecule has 94 valence electrons. The van der Waals surface area contributed by atoms with Crippen molar-refractivity contribution in [2.75, 3.05) is 0 Å². The maximum absolute atomic E-state index is 6.20. The monoisotopic (exact) mass is 269 g/mol. The van der Waals surface area contributed by atoms with Gasteiger partial charge in [0.15, 0.2) is 0 Å². The summed E-state index contributed by atoms with van der Waals surface area (Å²) < 4.78 is 0. The second kappa shape index (κ2) is 4.86. The molecule has 0 saturated heterocycles. The molecule has 1 N–H and O–H groups in total. The van der Waals surface area contributed by atoms with Crippen molar-refractivity contribution in [3.05, 3.63) is 59.5 Å². The predicted molar refractivity (Wildman–Crippen MR) is 77.0 cm³/mol. The molecule has 0 aliphatic rings. The fraction of sp³-hybridized carbons (Fsp3) is 0.0667. The summed E-state index contributed by atoms with van der Waals surface area (Å²) in [4.78, 5) is 11.9. The van der Waals surface area contributed by atoms with Gasteiger partial charge in [0.05, 0.1) is 10.7 Å². The third-order valence-corrected chi connectivity index (χ3v) is 3.30. The minimum atomic E-state index is 0.692. The number of imidazole rings is 1. The summed E-state index contributed by atoms with van der Waals surface area (Å²) in [5, 5.41) is 0.692. The van der Waals surface area contributed by atoms with Gasteiger partial charge in [-0.1, -0.05) is 23.7 Å². The molecule has 0 spiro atoms. The molecule has 2 heterocycles. The Bertz CT molecular complexity index is 704. The Balaban J connectivity index is 2.10. The first kappa shape index (κ1) is 11.9. The summed E-state index contributed by atoms with van der Waals surface area (Å²) in [6.45, 7) is 2.00. The van der Waals surface area contributed by atoms with Crippen LogP contribution in [0.3, 0.4) is 0 Å². The van der Waals surface area contributed by atoms with E-state index in [0.717, 1.165) is 28.3 Å². The van der Waals surface area contributed by atoms with Gasteiger partial charge in [-0.3, -0.25) is 4.98 Å². The molecule has 1 aromatic carbocycles. The first-order valence-electron chi connectivity index (χ1n) is 5.97. The number of aryl methyl sites for hydroxylation is 1. The van der Waals surface area contributed by atoms with Gasteiger partial charge in [0.1, 0.15) is 5.82 Å². The van der Waals surface area contributed by atoms with E-state index in [-0.39, 0.29) is 0 Å². The van der Waals surface area contributed by atoms with E-state index in [4.69, 9.17) is 11.6 Å². The van der Waals surface area contributed by atoms with Gasteiger partial charge in [0, 0.05) is 29.2 Å². The molecule has 0 amide bonds. The molecule has 3 rings (SSSR count). The molecule has 0 saturated carbocycles. The van der Waals surface area contributed by atoms with Crippen LogP contribution < -0.4 is 0 Å². The zero-order chi connectivity index (χ0) is 13.2. The lowest BCUT2D eigenvalue weighted by atomic mass is 10.2. The Morgan fingerprint density at radius 1 is 1.05 bits per heavy atom. The standard InChI is InChI=1S/C15H12ClN3/c1-10-14(11-6-8-17-9-7-11)19-15(18-10)12-4-2-3-5-13(12)16/h2-9H,1H3,(H,18,19). The largest absolute Gasteiger partial charge is 0.341 e. The molecular formula is C15H12ClN3. The Labute approximate surface area is 116 Å². The molecule has 19 heavy (non-hydrogen) atoms. The highest BCUT2D eigenvalue weighted by molar-refractivity contribution is 6.33. The van der Waals surface area contributed by atoms with Crippen molar-refractivity contribution in [3.8, 4) is 22.6 Å². The highest BCUT2D eigenvalue weighted by Gasteiger charge is 2.12. The average molecular weight is 270 g/mol. The van der Waals surface area contributed by atoms with Crippen LogP contribution in [0.5, 0.6) is 0 Å². The lowest BCUT2D eigenvalue weighted by Gasteiger charge is -1.99. The topological polar surface area (TPSA) is 41.6 Å². The Morgan fingerprint density at radius 3 is 2.53 bits per heavy atom. The van der Waals surface area contributed by atoms with Crippen LogP contribution in [0.15, 0.2) is 48.8 Å². The number of rotatable bonds is 2. The summed E-state index contributed by atoms with van der Waals surface area (Å²) in [7, 11) is 0. The SMILES string of the molecule is Cc1[nH]c(-c2ccccc2Cl)nc1-c1ccncc1. The number of aromatic nitrogens is 3. The van der Waals surface area contributed by atoms with Crippen molar-refractivity contribution in [1.82, 2.24) is 15.0 Å². The molecule has 3 aromatic rings. The van der Waals surface area contributed by atoms with Crippen molar-refractivity contribution in [1.29, 1.82) is 0 Å². The van der Waals surface area contributed by atoms with Gasteiger partial charge in [-0.15, -0.1) is 0 Å². The average Bonchev–Trinajstić information content (AvgIpc) is 2.82. The summed E-state index contributed by atoms with van der Waals surface area (Å²) in [5.74, 6) is 0.787. The first-order chi connectivity index (χ1) is 9.25. The van der Waals surface area contributed by atoms with Crippen LogP contribution >= 0.6 is 11.6 Å². The normalized spacial score (nSPS) is 10.6. The summed E-state index contributed by atoms with van der Waals surface area (Å²) in [6.07, 6.45) is 3.53. The zero-order valence-electron chi connectivity index (χ0n) is 10.4. The second-order valence-electron chi connectivity index (χ2n) is 4.27. The van der Waals surface area contributed by atoms with E-state index in [2.05, 4.69) is 15.0 Å². The molecule has 0 fully saturated rings. The minimum Gasteiger partial charge on any atom is -0.341 e. The van der Waals surface area contributed by atoms with Crippen molar-refractivity contribution in [2.24, 2.45) is 0 Å². The van der Waals surface area contributed by atoms with Crippen molar-refractivity contribution >= 4 is 11.6 Å². The van der Waals surface area contributed by atoms with Crippen molar-refractivity contribution < 1.29 is 0 Å². The van der Waals surface area contributed by atoms with E-state index in [1.54, 1.807) is 12.4 Å². The molecule has 0 unspecified atom stereocenters. The van der Waals surface area contributed by atoms with E-state index >= 15 is 0 Å². The molecule has 0 aliphatic heterocycles. The van der Waals surface area contributed by atoms with Crippen LogP contribution in [0.2, 0.25) is 5.02 Å². The van der Waals surface area contributed by atoms with Crippen LogP contribution in [0.25, 0.3) is 22.6 Å². The number of nitrogens with zero attached hydrogens (tertiary/aromatic N) is 2. The number of halogens is 1. The Hall–Kier alpha value is -2.13. The van der Waals surface area contributed by atoms with E-state index in [0.29, 0.717) is 5.02 Å². The number of pyridine rings is 1. The Morgan fingerprint density at radius 2 is 1.79 bits per heavy atom. The third-order valence-electron chi connectivity index (χ3n) is 2.97. The van der Waals surface area contributed by atoms with Gasteiger partial charge in [0.2, 0.25) is 0 Å². The van der Waals surface area contributed by atoms with Crippen molar-refractivity contribution in [3.63, 3.8) is 0 Å². The molecular weight excluding hydrogens is 258 g/mol. The fourth-order valence-electron chi connectivity index (χ4n) is 2.03. The highest BCUT2D eigenvalue weighted by atomic mass is 35.5. The van der Waals surface area contributed by atoms with Gasteiger partial charge in [0.25, 0.3) is 0 Å². The van der Waals surface area contributed by atoms with Gasteiger partial charge in [-0.2, -0.15) is 0 Å². The second-order valence-corrected chi connectivity index (χ2v) is 4.68. The van der Waals surface area contributed by atoms with Crippen LogP contribution in [0.4, 0.5) is 0 Å². The fourth-order valence-corrected chi connectivity index (χ4v) is 2.26. The molecule has 0 bridgehead atoms. The number of nitrogens with one attached hydrogen (secondary N) is 1. The predicted octanol–water partition coefficient (Wildman–Crippen LogP) is 4.10. The van der Waals surface area contributed by atoms with E-state index in [1.807, 2.05) is 43.3 Å². The molecule has 3 nitrogen and oxygen atoms in total. The lowest BCUT2D eigenvalue weighted by Crippen LogP contribution is -1.82. The van der Waals surface area contributed by atoms with Crippen LogP contribution in [0.1, 0.15) is 5.69 Å². The van der Waals surface area contributed by atoms with Gasteiger partial charge in [-0.25, -0.2) is 4.98 Å². The van der Waals surface area contributed by atoms with Gasteiger partial charge >= 0.3 is 0 Å². The molecule has 2 aromatic heterocycles. The number of H-pyrrole nitrogens is 1. The Kier molecular flexibility index (Phi) is 3.05. The third kappa shape index (κ3) is 2.25.